The van der Waals surface area contributed by atoms with Crippen molar-refractivity contribution >= 4 is 45.1 Å². The molecule has 1 aromatic carbocycles. The molecular formula is C19H13FN4O3S2. The summed E-state index contributed by atoms with van der Waals surface area (Å²) in [5, 5.41) is 3.37. The molecule has 2 N–H and O–H groups in total. The molecule has 0 unspecified atom stereocenters. The highest BCUT2D eigenvalue weighted by Crippen LogP contribution is 2.37. The second kappa shape index (κ2) is 8.41. The molecule has 7 nitrogen and oxygen atoms in total. The normalized spacial score (nSPS) is 10.8. The van der Waals surface area contributed by atoms with Crippen molar-refractivity contribution in [3.8, 4) is 11.1 Å². The van der Waals surface area contributed by atoms with Gasteiger partial charge in [0, 0.05) is 10.9 Å². The number of halogens is 1. The molecule has 0 bridgehead atoms. The van der Waals surface area contributed by atoms with Crippen molar-refractivity contribution in [2.24, 2.45) is 0 Å². The van der Waals surface area contributed by atoms with Crippen molar-refractivity contribution in [3.05, 3.63) is 65.9 Å². The largest absolute Gasteiger partial charge is 0.459 e. The summed E-state index contributed by atoms with van der Waals surface area (Å²) < 4.78 is 18.2. The monoisotopic (exact) mass is 428 g/mol. The van der Waals surface area contributed by atoms with Gasteiger partial charge in [0.2, 0.25) is 5.91 Å². The van der Waals surface area contributed by atoms with Crippen LogP contribution in [0, 0.1) is 5.82 Å². The topological polar surface area (TPSA) is 97.1 Å². The fraction of sp³-hybridized carbons (Fsp3) is 0.0526. The molecule has 10 heteroatoms. The number of aromatic nitrogens is 2. The molecule has 2 amide bonds. The molecule has 0 saturated carbocycles. The Morgan fingerprint density at radius 3 is 2.72 bits per heavy atom. The number of nitrogens with one attached hydrogen (secondary N) is 2. The second-order valence-corrected chi connectivity index (χ2v) is 7.61. The van der Waals surface area contributed by atoms with Crippen molar-refractivity contribution in [2.45, 2.75) is 5.03 Å². The van der Waals surface area contributed by atoms with Crippen molar-refractivity contribution in [1.82, 2.24) is 20.8 Å². The van der Waals surface area contributed by atoms with Crippen LogP contribution in [-0.2, 0) is 4.79 Å². The minimum absolute atomic E-state index is 0.0310. The summed E-state index contributed by atoms with van der Waals surface area (Å²) in [6.45, 7) is 0. The van der Waals surface area contributed by atoms with Gasteiger partial charge in [0.25, 0.3) is 0 Å². The van der Waals surface area contributed by atoms with Gasteiger partial charge in [-0.2, -0.15) is 0 Å². The van der Waals surface area contributed by atoms with E-state index in [-0.39, 0.29) is 17.3 Å². The Bertz CT molecular complexity index is 1160. The van der Waals surface area contributed by atoms with Gasteiger partial charge < -0.3 is 4.42 Å². The van der Waals surface area contributed by atoms with E-state index in [1.165, 1.54) is 53.9 Å². The molecule has 0 aliphatic carbocycles. The molecule has 0 aliphatic rings. The van der Waals surface area contributed by atoms with E-state index in [4.69, 9.17) is 4.42 Å². The van der Waals surface area contributed by atoms with Crippen molar-refractivity contribution in [1.29, 1.82) is 0 Å². The molecule has 4 rings (SSSR count). The first-order chi connectivity index (χ1) is 14.1. The fourth-order valence-corrected chi connectivity index (χ4v) is 4.36. The van der Waals surface area contributed by atoms with E-state index in [9.17, 15) is 14.0 Å². The summed E-state index contributed by atoms with van der Waals surface area (Å²) in [4.78, 5) is 33.2. The molecule has 29 heavy (non-hydrogen) atoms. The summed E-state index contributed by atoms with van der Waals surface area (Å²) >= 11 is 2.67. The lowest BCUT2D eigenvalue weighted by molar-refractivity contribution is -0.119. The zero-order valence-electron chi connectivity index (χ0n) is 14.7. The highest BCUT2D eigenvalue weighted by atomic mass is 32.2. The average molecular weight is 428 g/mol. The van der Waals surface area contributed by atoms with Crippen LogP contribution in [0.2, 0.25) is 0 Å². The zero-order chi connectivity index (χ0) is 20.2. The Balaban J connectivity index is 1.46. The predicted molar refractivity (Wildman–Crippen MR) is 108 cm³/mol. The van der Waals surface area contributed by atoms with E-state index < -0.39 is 11.8 Å². The number of thiophene rings is 1. The maximum Gasteiger partial charge on any atom is 0.305 e. The molecule has 0 aliphatic heterocycles. The molecule has 0 fully saturated rings. The Morgan fingerprint density at radius 1 is 1.14 bits per heavy atom. The van der Waals surface area contributed by atoms with Gasteiger partial charge in [-0.15, -0.1) is 11.3 Å². The van der Waals surface area contributed by atoms with Gasteiger partial charge >= 0.3 is 5.91 Å². The first kappa shape index (κ1) is 19.1. The first-order valence-corrected chi connectivity index (χ1v) is 10.2. The number of amides is 2. The van der Waals surface area contributed by atoms with Crippen molar-refractivity contribution in [2.75, 3.05) is 5.75 Å². The Kier molecular flexibility index (Phi) is 5.54. The van der Waals surface area contributed by atoms with Crippen LogP contribution in [0.5, 0.6) is 0 Å². The van der Waals surface area contributed by atoms with Crippen molar-refractivity contribution < 1.29 is 18.4 Å². The van der Waals surface area contributed by atoms with Crippen LogP contribution in [-0.4, -0.2) is 27.5 Å². The minimum atomic E-state index is -0.547. The minimum Gasteiger partial charge on any atom is -0.459 e. The van der Waals surface area contributed by atoms with Crippen LogP contribution >= 0.6 is 23.1 Å². The lowest BCUT2D eigenvalue weighted by Crippen LogP contribution is -2.42. The van der Waals surface area contributed by atoms with Crippen LogP contribution in [0.15, 0.2) is 63.8 Å². The van der Waals surface area contributed by atoms with E-state index in [0.29, 0.717) is 5.03 Å². The third-order valence-electron chi connectivity index (χ3n) is 3.89. The summed E-state index contributed by atoms with van der Waals surface area (Å²) in [6, 6.07) is 9.23. The number of hydrogen-bond donors (Lipinski definition) is 2. The number of furan rings is 1. The number of fused-ring (bicyclic) bond motifs is 1. The number of nitrogens with zero attached hydrogens (tertiary/aromatic N) is 2. The summed E-state index contributed by atoms with van der Waals surface area (Å²) in [5.74, 6) is -1.14. The van der Waals surface area contributed by atoms with Crippen molar-refractivity contribution in [3.63, 3.8) is 0 Å². The van der Waals surface area contributed by atoms with E-state index >= 15 is 0 Å². The molecule has 0 radical (unpaired) electrons. The molecule has 0 saturated heterocycles. The number of hydrogen-bond acceptors (Lipinski definition) is 7. The van der Waals surface area contributed by atoms with Gasteiger partial charge in [-0.3, -0.25) is 20.4 Å². The molecule has 3 heterocycles. The maximum absolute atomic E-state index is 13.2. The summed E-state index contributed by atoms with van der Waals surface area (Å²) in [7, 11) is 0. The third kappa shape index (κ3) is 4.28. The van der Waals surface area contributed by atoms with Gasteiger partial charge in [-0.25, -0.2) is 14.4 Å². The molecule has 0 spiro atoms. The Labute approximate surface area is 172 Å². The number of thioether (sulfide) groups is 1. The van der Waals surface area contributed by atoms with E-state index in [0.717, 1.165) is 21.3 Å². The number of carbonyl (C=O) groups is 2. The Morgan fingerprint density at radius 2 is 1.97 bits per heavy atom. The van der Waals surface area contributed by atoms with Crippen LogP contribution in [0.25, 0.3) is 21.3 Å². The first-order valence-electron chi connectivity index (χ1n) is 8.35. The molecule has 146 valence electrons. The number of hydrazine groups is 1. The number of carbonyl (C=O) groups excluding carboxylic acids is 2. The Hall–Kier alpha value is -3.24. The molecular weight excluding hydrogens is 415 g/mol. The van der Waals surface area contributed by atoms with Gasteiger partial charge in [0.15, 0.2) is 5.76 Å². The molecule has 4 aromatic rings. The predicted octanol–water partition coefficient (Wildman–Crippen LogP) is 3.64. The fourth-order valence-electron chi connectivity index (χ4n) is 2.56. The van der Waals surface area contributed by atoms with Crippen LogP contribution in [0.1, 0.15) is 10.6 Å². The number of benzene rings is 1. The average Bonchev–Trinajstić information content (AvgIpc) is 3.41. The van der Waals surface area contributed by atoms with Gasteiger partial charge in [-0.1, -0.05) is 23.9 Å². The maximum atomic E-state index is 13.2. The smallest absolute Gasteiger partial charge is 0.305 e. The van der Waals surface area contributed by atoms with E-state index in [2.05, 4.69) is 20.8 Å². The van der Waals surface area contributed by atoms with Crippen LogP contribution in [0.4, 0.5) is 4.39 Å². The quantitative estimate of drug-likeness (QED) is 0.286. The standard InChI is InChI=1S/C19H13FN4O3S2/c20-12-5-3-11(4-6-12)13-8-28-18-16(13)19(22-10-21-18)29-9-15(25)23-24-17(26)14-2-1-7-27-14/h1-8,10H,9H2,(H,23,25)(H,24,26). The molecule has 0 atom stereocenters. The number of rotatable bonds is 5. The SMILES string of the molecule is O=C(CSc1ncnc2scc(-c3ccc(F)cc3)c12)NNC(=O)c1ccco1. The highest BCUT2D eigenvalue weighted by Gasteiger charge is 2.15. The lowest BCUT2D eigenvalue weighted by Gasteiger charge is -2.07. The summed E-state index contributed by atoms with van der Waals surface area (Å²) in [6.07, 6.45) is 2.80. The van der Waals surface area contributed by atoms with Gasteiger partial charge in [0.05, 0.1) is 17.4 Å². The van der Waals surface area contributed by atoms with Gasteiger partial charge in [0.1, 0.15) is 22.0 Å². The van der Waals surface area contributed by atoms with Crippen LogP contribution < -0.4 is 10.9 Å². The second-order valence-electron chi connectivity index (χ2n) is 5.78. The molecule has 3 aromatic heterocycles. The van der Waals surface area contributed by atoms with Gasteiger partial charge in [-0.05, 0) is 29.8 Å². The van der Waals surface area contributed by atoms with Crippen LogP contribution in [0.3, 0.4) is 0 Å². The highest BCUT2D eigenvalue weighted by molar-refractivity contribution is 8.00. The van der Waals surface area contributed by atoms with E-state index in [1.807, 2.05) is 5.38 Å². The van der Waals surface area contributed by atoms with E-state index in [1.54, 1.807) is 18.2 Å². The third-order valence-corrected chi connectivity index (χ3v) is 5.77. The zero-order valence-corrected chi connectivity index (χ0v) is 16.3. The summed E-state index contributed by atoms with van der Waals surface area (Å²) in [5.41, 5.74) is 6.33. The lowest BCUT2D eigenvalue weighted by atomic mass is 10.1.